The number of hydrogen-bond acceptors (Lipinski definition) is 3. The zero-order valence-corrected chi connectivity index (χ0v) is 11.6. The Labute approximate surface area is 116 Å². The average molecular weight is 268 g/mol. The highest BCUT2D eigenvalue weighted by Gasteiger charge is 2.13. The fraction of sp³-hybridized carbons (Fsp3) is 0.267. The van der Waals surface area contributed by atoms with Crippen LogP contribution in [0.25, 0.3) is 11.0 Å². The van der Waals surface area contributed by atoms with Crippen molar-refractivity contribution in [2.45, 2.75) is 26.8 Å². The molecule has 0 spiro atoms. The lowest BCUT2D eigenvalue weighted by molar-refractivity contribution is 0.673. The van der Waals surface area contributed by atoms with E-state index in [4.69, 9.17) is 0 Å². The molecule has 0 radical (unpaired) electrons. The molecule has 0 fully saturated rings. The first kappa shape index (κ1) is 12.6. The minimum atomic E-state index is -0.216. The summed E-state index contributed by atoms with van der Waals surface area (Å²) in [6.45, 7) is 4.52. The maximum Gasteiger partial charge on any atom is 0.299 e. The van der Waals surface area contributed by atoms with E-state index in [9.17, 15) is 4.79 Å². The topological polar surface area (TPSA) is 63.6 Å². The van der Waals surface area contributed by atoms with Crippen LogP contribution in [0.15, 0.2) is 35.1 Å². The van der Waals surface area contributed by atoms with Crippen LogP contribution in [0.5, 0.6) is 0 Å². The molecule has 102 valence electrons. The average Bonchev–Trinajstić information content (AvgIpc) is 2.77. The molecule has 2 aromatic heterocycles. The van der Waals surface area contributed by atoms with Crippen LogP contribution in [0.2, 0.25) is 0 Å². The van der Waals surface area contributed by atoms with E-state index in [0.29, 0.717) is 24.3 Å². The highest BCUT2D eigenvalue weighted by atomic mass is 16.1. The first-order valence-corrected chi connectivity index (χ1v) is 6.69. The van der Waals surface area contributed by atoms with Crippen LogP contribution in [-0.4, -0.2) is 19.7 Å². The van der Waals surface area contributed by atoms with Gasteiger partial charge in [-0.15, -0.1) is 0 Å². The minimum absolute atomic E-state index is 0.216. The van der Waals surface area contributed by atoms with Gasteiger partial charge in [0, 0.05) is 13.0 Å². The first-order valence-electron chi connectivity index (χ1n) is 6.69. The lowest BCUT2D eigenvalue weighted by Gasteiger charge is -2.02. The monoisotopic (exact) mass is 268 g/mol. The third-order valence-electron chi connectivity index (χ3n) is 3.35. The Bertz CT molecular complexity index is 802. The molecule has 20 heavy (non-hydrogen) atoms. The Kier molecular flexibility index (Phi) is 3.10. The van der Waals surface area contributed by atoms with Gasteiger partial charge in [0.1, 0.15) is 5.82 Å². The molecule has 1 N–H and O–H groups in total. The van der Waals surface area contributed by atoms with Crippen molar-refractivity contribution in [2.24, 2.45) is 0 Å². The van der Waals surface area contributed by atoms with E-state index in [-0.39, 0.29) is 5.56 Å². The van der Waals surface area contributed by atoms with Crippen LogP contribution >= 0.6 is 0 Å². The molecule has 0 bridgehead atoms. The van der Waals surface area contributed by atoms with Gasteiger partial charge in [0.25, 0.3) is 5.56 Å². The molecular formula is C15H16N4O. The predicted molar refractivity (Wildman–Crippen MR) is 77.8 cm³/mol. The molecule has 3 aromatic rings. The molecule has 0 saturated carbocycles. The van der Waals surface area contributed by atoms with Crippen LogP contribution in [-0.2, 0) is 13.0 Å². The molecule has 0 aliphatic heterocycles. The van der Waals surface area contributed by atoms with Gasteiger partial charge in [-0.3, -0.25) is 9.48 Å². The number of hydrogen-bond donors (Lipinski definition) is 1. The lowest BCUT2D eigenvalue weighted by Crippen LogP contribution is -2.15. The Balaban J connectivity index is 2.11. The van der Waals surface area contributed by atoms with Gasteiger partial charge in [0.2, 0.25) is 0 Å². The fourth-order valence-corrected chi connectivity index (χ4v) is 2.40. The van der Waals surface area contributed by atoms with Crippen molar-refractivity contribution < 1.29 is 0 Å². The van der Waals surface area contributed by atoms with E-state index in [1.54, 1.807) is 4.68 Å². The van der Waals surface area contributed by atoms with E-state index in [1.165, 1.54) is 0 Å². The maximum absolute atomic E-state index is 12.2. The highest BCUT2D eigenvalue weighted by Crippen LogP contribution is 2.13. The van der Waals surface area contributed by atoms with Gasteiger partial charge in [0.05, 0.1) is 11.2 Å². The summed E-state index contributed by atoms with van der Waals surface area (Å²) in [6.07, 6.45) is 0.614. The van der Waals surface area contributed by atoms with Crippen molar-refractivity contribution in [3.8, 4) is 0 Å². The van der Waals surface area contributed by atoms with Gasteiger partial charge in [-0.25, -0.2) is 0 Å². The molecule has 0 atom stereocenters. The van der Waals surface area contributed by atoms with E-state index < -0.39 is 0 Å². The Morgan fingerprint density at radius 1 is 1.25 bits per heavy atom. The zero-order chi connectivity index (χ0) is 14.1. The molecule has 5 nitrogen and oxygen atoms in total. The van der Waals surface area contributed by atoms with Gasteiger partial charge in [-0.1, -0.05) is 30.3 Å². The molecule has 5 heteroatoms. The quantitative estimate of drug-likeness (QED) is 0.790. The number of nitrogens with one attached hydrogen (secondary N) is 1. The van der Waals surface area contributed by atoms with Gasteiger partial charge in [-0.05, 0) is 19.4 Å². The number of fused-ring (bicyclic) bond motifs is 1. The van der Waals surface area contributed by atoms with Crippen LogP contribution in [0.1, 0.15) is 24.0 Å². The van der Waals surface area contributed by atoms with Gasteiger partial charge >= 0.3 is 0 Å². The second-order valence-corrected chi connectivity index (χ2v) is 4.78. The molecule has 0 aliphatic carbocycles. The molecule has 1 aromatic carbocycles. The van der Waals surface area contributed by atoms with Crippen molar-refractivity contribution in [2.75, 3.05) is 0 Å². The van der Waals surface area contributed by atoms with Crippen LogP contribution in [0.3, 0.4) is 0 Å². The Hall–Kier alpha value is -2.43. The number of rotatable bonds is 3. The summed E-state index contributed by atoms with van der Waals surface area (Å²) in [5, 5.41) is 4.36. The van der Waals surface area contributed by atoms with Crippen molar-refractivity contribution >= 4 is 11.0 Å². The molecule has 0 unspecified atom stereocenters. The summed E-state index contributed by atoms with van der Waals surface area (Å²) in [7, 11) is 0. The third-order valence-corrected chi connectivity index (χ3v) is 3.35. The SMILES string of the molecule is CCn1nc(C)c2[nH]c(Cc3ccccc3)nc(=O)c21. The predicted octanol–water partition coefficient (Wildman–Crippen LogP) is 2.04. The second-order valence-electron chi connectivity index (χ2n) is 4.78. The maximum atomic E-state index is 12.2. The smallest absolute Gasteiger partial charge is 0.299 e. The number of aromatic amines is 1. The van der Waals surface area contributed by atoms with Crippen molar-refractivity contribution in [1.82, 2.24) is 19.7 Å². The van der Waals surface area contributed by atoms with Crippen LogP contribution in [0.4, 0.5) is 0 Å². The minimum Gasteiger partial charge on any atom is -0.340 e. The largest absolute Gasteiger partial charge is 0.340 e. The van der Waals surface area contributed by atoms with E-state index in [1.807, 2.05) is 44.2 Å². The zero-order valence-electron chi connectivity index (χ0n) is 11.6. The lowest BCUT2D eigenvalue weighted by atomic mass is 10.1. The first-order chi connectivity index (χ1) is 9.69. The van der Waals surface area contributed by atoms with Gasteiger partial charge in [-0.2, -0.15) is 10.1 Å². The van der Waals surface area contributed by atoms with Crippen molar-refractivity contribution in [1.29, 1.82) is 0 Å². The van der Waals surface area contributed by atoms with Crippen molar-refractivity contribution in [3.05, 3.63) is 57.8 Å². The van der Waals surface area contributed by atoms with Crippen molar-refractivity contribution in [3.63, 3.8) is 0 Å². The fourth-order valence-electron chi connectivity index (χ4n) is 2.40. The summed E-state index contributed by atoms with van der Waals surface area (Å²) < 4.78 is 1.70. The molecule has 3 rings (SSSR count). The number of benzene rings is 1. The molecular weight excluding hydrogens is 252 g/mol. The van der Waals surface area contributed by atoms with E-state index >= 15 is 0 Å². The van der Waals surface area contributed by atoms with Gasteiger partial charge in [0.15, 0.2) is 5.52 Å². The third kappa shape index (κ3) is 2.11. The summed E-state index contributed by atoms with van der Waals surface area (Å²) in [5.41, 5.74) is 3.08. The summed E-state index contributed by atoms with van der Waals surface area (Å²) >= 11 is 0. The molecule has 0 saturated heterocycles. The Morgan fingerprint density at radius 2 is 2.00 bits per heavy atom. The van der Waals surface area contributed by atoms with Gasteiger partial charge < -0.3 is 4.98 Å². The van der Waals surface area contributed by atoms with E-state index in [2.05, 4.69) is 15.1 Å². The molecule has 2 heterocycles. The summed E-state index contributed by atoms with van der Waals surface area (Å²) in [5.74, 6) is 0.674. The summed E-state index contributed by atoms with van der Waals surface area (Å²) in [6, 6.07) is 9.97. The number of H-pyrrole nitrogens is 1. The highest BCUT2D eigenvalue weighted by molar-refractivity contribution is 5.76. The second kappa shape index (κ2) is 4.92. The van der Waals surface area contributed by atoms with Crippen LogP contribution < -0.4 is 5.56 Å². The van der Waals surface area contributed by atoms with E-state index in [0.717, 1.165) is 16.8 Å². The number of aromatic nitrogens is 4. The summed E-state index contributed by atoms with van der Waals surface area (Å²) in [4.78, 5) is 19.6. The Morgan fingerprint density at radius 3 is 2.70 bits per heavy atom. The number of nitrogens with zero attached hydrogens (tertiary/aromatic N) is 3. The normalized spacial score (nSPS) is 11.1. The molecule has 0 amide bonds. The standard InChI is InChI=1S/C15H16N4O/c1-3-19-14-13(10(2)18-19)16-12(17-15(14)20)9-11-7-5-4-6-8-11/h4-8H,3,9H2,1-2H3,(H,16,17,20). The van der Waals surface area contributed by atoms with Crippen LogP contribution in [0, 0.1) is 6.92 Å². The number of aryl methyl sites for hydroxylation is 2. The molecule has 0 aliphatic rings.